The lowest BCUT2D eigenvalue weighted by Gasteiger charge is -2.15. The minimum absolute atomic E-state index is 0.00497. The molecule has 1 N–H and O–H groups in total. The molecule has 9 heteroatoms. The van der Waals surface area contributed by atoms with Crippen molar-refractivity contribution in [3.05, 3.63) is 64.3 Å². The van der Waals surface area contributed by atoms with Crippen LogP contribution in [0.5, 0.6) is 11.5 Å². The highest BCUT2D eigenvalue weighted by atomic mass is 35.5. The zero-order valence-electron chi connectivity index (χ0n) is 17.0. The lowest BCUT2D eigenvalue weighted by Crippen LogP contribution is -2.36. The van der Waals surface area contributed by atoms with E-state index >= 15 is 0 Å². The van der Waals surface area contributed by atoms with Gasteiger partial charge in [-0.1, -0.05) is 41.9 Å². The number of nitrogens with zero attached hydrogens (tertiary/aromatic N) is 1. The molecule has 2 aromatic carbocycles. The maximum Gasteiger partial charge on any atom is 0.329 e. The molecule has 0 radical (unpaired) electrons. The van der Waals surface area contributed by atoms with Gasteiger partial charge in [-0.25, -0.2) is 9.69 Å². The van der Waals surface area contributed by atoms with Crippen molar-refractivity contribution in [3.63, 3.8) is 0 Å². The predicted molar refractivity (Wildman–Crippen MR) is 114 cm³/mol. The molecule has 0 unspecified atom stereocenters. The van der Waals surface area contributed by atoms with E-state index in [9.17, 15) is 14.4 Å². The number of ether oxygens (including phenoxy) is 3. The number of amides is 3. The first-order chi connectivity index (χ1) is 14.9. The van der Waals surface area contributed by atoms with Crippen molar-refractivity contribution in [1.29, 1.82) is 0 Å². The molecule has 162 valence electrons. The Kier molecular flexibility index (Phi) is 7.15. The molecule has 0 aromatic heterocycles. The molecule has 0 atom stereocenters. The molecule has 3 amide bonds. The molecule has 0 aliphatic carbocycles. The molecule has 0 saturated carbocycles. The van der Waals surface area contributed by atoms with E-state index in [4.69, 9.17) is 21.1 Å². The minimum atomic E-state index is -0.708. The van der Waals surface area contributed by atoms with Gasteiger partial charge in [-0.15, -0.1) is 0 Å². The molecule has 0 spiro atoms. The summed E-state index contributed by atoms with van der Waals surface area (Å²) in [4.78, 5) is 36.7. The van der Waals surface area contributed by atoms with Crippen LogP contribution in [-0.4, -0.2) is 43.1 Å². The number of rotatable bonds is 8. The smallest absolute Gasteiger partial charge is 0.329 e. The second kappa shape index (κ2) is 9.99. The van der Waals surface area contributed by atoms with Gasteiger partial charge in [0, 0.05) is 0 Å². The second-order valence-electron chi connectivity index (χ2n) is 6.49. The standard InChI is InChI=1S/C22H21ClN2O6/c1-3-30-18-11-15(9-16(23)20(18)31-13-14-7-5-4-6-8-14)10-17-21(27)25(22(28)24-17)12-19(26)29-2/h4-11H,3,12-13H2,1-2H3,(H,24,28)/b17-10+. The van der Waals surface area contributed by atoms with Crippen LogP contribution in [-0.2, 0) is 20.9 Å². The molecule has 1 fully saturated rings. The molecule has 1 heterocycles. The summed E-state index contributed by atoms with van der Waals surface area (Å²) in [6, 6.07) is 12.2. The van der Waals surface area contributed by atoms with Crippen molar-refractivity contribution in [2.45, 2.75) is 13.5 Å². The van der Waals surface area contributed by atoms with E-state index in [0.717, 1.165) is 10.5 Å². The molecule has 1 saturated heterocycles. The molecule has 31 heavy (non-hydrogen) atoms. The Morgan fingerprint density at radius 1 is 1.16 bits per heavy atom. The number of methoxy groups -OCH3 is 1. The largest absolute Gasteiger partial charge is 0.490 e. The molecule has 3 rings (SSSR count). The summed E-state index contributed by atoms with van der Waals surface area (Å²) in [5, 5.41) is 2.73. The fourth-order valence-corrected chi connectivity index (χ4v) is 3.15. The highest BCUT2D eigenvalue weighted by Crippen LogP contribution is 2.38. The van der Waals surface area contributed by atoms with Gasteiger partial charge < -0.3 is 19.5 Å². The average molecular weight is 445 g/mol. The Morgan fingerprint density at radius 2 is 1.90 bits per heavy atom. The van der Waals surface area contributed by atoms with E-state index in [2.05, 4.69) is 10.1 Å². The summed E-state index contributed by atoms with van der Waals surface area (Å²) in [6.45, 7) is 2.03. The number of hydrogen-bond donors (Lipinski definition) is 1. The molecular formula is C22H21ClN2O6. The summed E-state index contributed by atoms with van der Waals surface area (Å²) in [5.74, 6) is -0.565. The highest BCUT2D eigenvalue weighted by molar-refractivity contribution is 6.32. The molecule has 1 aliphatic rings. The number of urea groups is 1. The number of halogens is 1. The number of hydrogen-bond acceptors (Lipinski definition) is 6. The van der Waals surface area contributed by atoms with Crippen LogP contribution in [0.3, 0.4) is 0 Å². The lowest BCUT2D eigenvalue weighted by atomic mass is 10.1. The summed E-state index contributed by atoms with van der Waals surface area (Å²) in [7, 11) is 1.18. The average Bonchev–Trinajstić information content (AvgIpc) is 3.01. The van der Waals surface area contributed by atoms with Crippen molar-refractivity contribution in [2.75, 3.05) is 20.3 Å². The minimum Gasteiger partial charge on any atom is -0.490 e. The third-order valence-electron chi connectivity index (χ3n) is 4.35. The van der Waals surface area contributed by atoms with Gasteiger partial charge in [-0.3, -0.25) is 9.59 Å². The first-order valence-electron chi connectivity index (χ1n) is 9.47. The molecule has 2 aromatic rings. The SMILES string of the molecule is CCOc1cc(/C=C2/NC(=O)N(CC(=O)OC)C2=O)cc(Cl)c1OCc1ccccc1. The summed E-state index contributed by atoms with van der Waals surface area (Å²) in [6.07, 6.45) is 1.45. The van der Waals surface area contributed by atoms with Gasteiger partial charge in [-0.05, 0) is 36.3 Å². The number of imide groups is 1. The summed E-state index contributed by atoms with van der Waals surface area (Å²) in [5.41, 5.74) is 1.49. The monoisotopic (exact) mass is 444 g/mol. The van der Waals surface area contributed by atoms with Crippen molar-refractivity contribution in [2.24, 2.45) is 0 Å². The van der Waals surface area contributed by atoms with Crippen LogP contribution in [0.1, 0.15) is 18.1 Å². The first kappa shape index (κ1) is 22.2. The molecule has 0 bridgehead atoms. The van der Waals surface area contributed by atoms with Crippen molar-refractivity contribution >= 4 is 35.6 Å². The molecule has 1 aliphatic heterocycles. The van der Waals surface area contributed by atoms with Crippen molar-refractivity contribution < 1.29 is 28.6 Å². The zero-order valence-corrected chi connectivity index (χ0v) is 17.8. The Bertz CT molecular complexity index is 1020. The molecular weight excluding hydrogens is 424 g/mol. The quantitative estimate of drug-likeness (QED) is 0.381. The van der Waals surface area contributed by atoms with Gasteiger partial charge in [0.05, 0.1) is 18.7 Å². The van der Waals surface area contributed by atoms with Crippen LogP contribution >= 0.6 is 11.6 Å². The Hall–Kier alpha value is -3.52. The fourth-order valence-electron chi connectivity index (χ4n) is 2.88. The van der Waals surface area contributed by atoms with Crippen LogP contribution in [0.2, 0.25) is 5.02 Å². The van der Waals surface area contributed by atoms with Gasteiger partial charge in [0.25, 0.3) is 5.91 Å². The first-order valence-corrected chi connectivity index (χ1v) is 9.85. The topological polar surface area (TPSA) is 94.2 Å². The van der Waals surface area contributed by atoms with Gasteiger partial charge in [0.1, 0.15) is 18.8 Å². The predicted octanol–water partition coefficient (Wildman–Crippen LogP) is 3.38. The second-order valence-corrected chi connectivity index (χ2v) is 6.90. The highest BCUT2D eigenvalue weighted by Gasteiger charge is 2.35. The van der Waals surface area contributed by atoms with E-state index in [1.165, 1.54) is 13.2 Å². The fraction of sp³-hybridized carbons (Fsp3) is 0.227. The van der Waals surface area contributed by atoms with E-state index in [1.807, 2.05) is 37.3 Å². The number of carbonyl (C=O) groups is 3. The van der Waals surface area contributed by atoms with Crippen LogP contribution in [0.4, 0.5) is 4.79 Å². The normalized spacial score (nSPS) is 14.5. The van der Waals surface area contributed by atoms with Crippen LogP contribution in [0, 0.1) is 0 Å². The van der Waals surface area contributed by atoms with Crippen LogP contribution in [0.15, 0.2) is 48.2 Å². The molecule has 8 nitrogen and oxygen atoms in total. The summed E-state index contributed by atoms with van der Waals surface area (Å²) >= 11 is 6.43. The van der Waals surface area contributed by atoms with Gasteiger partial charge in [-0.2, -0.15) is 0 Å². The number of carbonyl (C=O) groups excluding carboxylic acids is 3. The number of benzene rings is 2. The van der Waals surface area contributed by atoms with E-state index in [0.29, 0.717) is 30.3 Å². The van der Waals surface area contributed by atoms with Crippen molar-refractivity contribution in [1.82, 2.24) is 10.2 Å². The Morgan fingerprint density at radius 3 is 2.58 bits per heavy atom. The van der Waals surface area contributed by atoms with Gasteiger partial charge in [0.15, 0.2) is 11.5 Å². The van der Waals surface area contributed by atoms with E-state index in [1.54, 1.807) is 12.1 Å². The maximum absolute atomic E-state index is 12.5. The third-order valence-corrected chi connectivity index (χ3v) is 4.63. The van der Waals surface area contributed by atoms with Gasteiger partial charge >= 0.3 is 12.0 Å². The van der Waals surface area contributed by atoms with Crippen LogP contribution < -0.4 is 14.8 Å². The number of nitrogens with one attached hydrogen (secondary N) is 1. The lowest BCUT2D eigenvalue weighted by molar-refractivity contribution is -0.143. The Balaban J connectivity index is 1.84. The maximum atomic E-state index is 12.5. The Labute approximate surface area is 184 Å². The zero-order chi connectivity index (χ0) is 22.4. The third kappa shape index (κ3) is 5.35. The van der Waals surface area contributed by atoms with Gasteiger partial charge in [0.2, 0.25) is 0 Å². The summed E-state index contributed by atoms with van der Waals surface area (Å²) < 4.78 is 16.0. The van der Waals surface area contributed by atoms with E-state index < -0.39 is 24.5 Å². The van der Waals surface area contributed by atoms with Crippen molar-refractivity contribution in [3.8, 4) is 11.5 Å². The van der Waals surface area contributed by atoms with E-state index in [-0.39, 0.29) is 10.7 Å². The number of esters is 1. The van der Waals surface area contributed by atoms with Crippen LogP contribution in [0.25, 0.3) is 6.08 Å².